The van der Waals surface area contributed by atoms with Gasteiger partial charge in [-0.05, 0) is 0 Å². The molecule has 0 bridgehead atoms. The number of hydrogen-bond acceptors (Lipinski definition) is 1. The van der Waals surface area contributed by atoms with E-state index in [1.165, 1.54) is 0 Å². The van der Waals surface area contributed by atoms with Gasteiger partial charge in [0.2, 0.25) is 0 Å². The van der Waals surface area contributed by atoms with Crippen LogP contribution < -0.4 is 0 Å². The number of aliphatic hydroxyl groups excluding tert-OH is 1. The minimum atomic E-state index is 0. The Hall–Kier alpha value is 0.132. The molecule has 0 aromatic carbocycles. The fourth-order valence-electron chi connectivity index (χ4n) is 0. The number of rotatable bonds is 0. The van der Waals surface area contributed by atoms with Gasteiger partial charge in [0.05, 0.1) is 0 Å². The molecule has 0 rings (SSSR count). The van der Waals surface area contributed by atoms with Gasteiger partial charge in [0, 0.05) is 20.4 Å². The Labute approximate surface area is 37.5 Å². The second-order valence-electron chi connectivity index (χ2n) is 0.0913. The Kier molecular flexibility index (Phi) is 24.8. The molecule has 0 fully saturated rings. The van der Waals surface area contributed by atoms with Crippen LogP contribution >= 0.6 is 0 Å². The van der Waals surface area contributed by atoms with Crippen molar-refractivity contribution < 1.29 is 30.3 Å². The van der Waals surface area contributed by atoms with E-state index in [1.54, 1.807) is 0 Å². The van der Waals surface area contributed by atoms with Crippen LogP contribution in [0.2, 0.25) is 0 Å². The molecule has 0 saturated carbocycles. The third-order valence-electron chi connectivity index (χ3n) is 0. The fourth-order valence-corrected chi connectivity index (χ4v) is 0. The summed E-state index contributed by atoms with van der Waals surface area (Å²) in [5.74, 6) is 0. The predicted octanol–water partition coefficient (Wildman–Crippen LogP) is -0.391. The van der Waals surface area contributed by atoms with Gasteiger partial charge in [-0.2, -0.15) is 0 Å². The summed E-state index contributed by atoms with van der Waals surface area (Å²) in [5, 5.41) is 6.76. The van der Waals surface area contributed by atoms with E-state index in [4.69, 9.17) is 9.90 Å². The van der Waals surface area contributed by atoms with Crippen LogP contribution in [-0.4, -0.2) is 11.6 Å². The summed E-state index contributed by atoms with van der Waals surface area (Å²) in [6.07, 6.45) is 0. The van der Waals surface area contributed by atoms with Crippen molar-refractivity contribution in [2.75, 3.05) is 0 Å². The molecule has 0 atom stereocenters. The summed E-state index contributed by atoms with van der Waals surface area (Å²) in [6.45, 7) is 0.500. The summed E-state index contributed by atoms with van der Waals surface area (Å²) >= 11 is 0. The van der Waals surface area contributed by atoms with Crippen LogP contribution in [0.25, 0.3) is 0 Å². The first-order valence-corrected chi connectivity index (χ1v) is 0.428. The quantitative estimate of drug-likeness (QED) is 0.576. The Morgan fingerprint density at radius 1 is 1.75 bits per heavy atom. The van der Waals surface area contributed by atoms with Crippen LogP contribution in [0.1, 0.15) is 0 Å². The monoisotopic (exact) mass is 232 g/mol. The molecule has 0 spiro atoms. The van der Waals surface area contributed by atoms with Gasteiger partial charge >= 0.3 is 0 Å². The van der Waals surface area contributed by atoms with E-state index in [2.05, 4.69) is 0 Å². The molecular formula is CHO2Re-. The van der Waals surface area contributed by atoms with Gasteiger partial charge < -0.3 is 9.90 Å². The minimum Gasteiger partial charge on any atom is -0.665 e. The molecular weight excluding hydrogens is 230 g/mol. The second kappa shape index (κ2) is 11.1. The zero-order valence-corrected chi connectivity index (χ0v) is 4.45. The average Bonchev–Trinajstić information content (AvgIpc) is 0.918. The van der Waals surface area contributed by atoms with E-state index in [0.717, 1.165) is 0 Å². The Balaban J connectivity index is 0. The molecule has 0 saturated heterocycles. The maximum Gasteiger partial charge on any atom is 0 e. The molecule has 1 radical (unpaired) electrons. The SMILES string of the molecule is O=[C-]O.[Re]. The molecule has 2 nitrogen and oxygen atoms in total. The predicted molar refractivity (Wildman–Crippen MR) is 8.32 cm³/mol. The summed E-state index contributed by atoms with van der Waals surface area (Å²) in [5.41, 5.74) is 0. The van der Waals surface area contributed by atoms with Crippen LogP contribution in [0.3, 0.4) is 0 Å². The normalized spacial score (nSPS) is 3.00. The van der Waals surface area contributed by atoms with Gasteiger partial charge in [0.15, 0.2) is 0 Å². The van der Waals surface area contributed by atoms with Crippen LogP contribution in [0.4, 0.5) is 0 Å². The summed E-state index contributed by atoms with van der Waals surface area (Å²) in [7, 11) is 0. The van der Waals surface area contributed by atoms with Gasteiger partial charge in [-0.25, -0.2) is 0 Å². The molecule has 0 aliphatic heterocycles. The maximum atomic E-state index is 8.24. The first-order valence-electron chi connectivity index (χ1n) is 0.428. The summed E-state index contributed by atoms with van der Waals surface area (Å²) in [6, 6.07) is 0. The molecule has 4 heavy (non-hydrogen) atoms. The van der Waals surface area contributed by atoms with Crippen LogP contribution in [0.5, 0.6) is 0 Å². The van der Waals surface area contributed by atoms with Crippen molar-refractivity contribution in [2.45, 2.75) is 0 Å². The van der Waals surface area contributed by atoms with Gasteiger partial charge in [0.25, 0.3) is 0 Å². The molecule has 0 amide bonds. The van der Waals surface area contributed by atoms with E-state index >= 15 is 0 Å². The first kappa shape index (κ1) is 8.92. The summed E-state index contributed by atoms with van der Waals surface area (Å²) in [4.78, 5) is 8.24. The Morgan fingerprint density at radius 2 is 1.75 bits per heavy atom. The smallest absolute Gasteiger partial charge is 0 e. The molecule has 0 aliphatic rings. The van der Waals surface area contributed by atoms with Crippen molar-refractivity contribution in [3.63, 3.8) is 0 Å². The largest absolute Gasteiger partial charge is 0.665 e. The topological polar surface area (TPSA) is 37.3 Å². The van der Waals surface area contributed by atoms with E-state index in [-0.39, 0.29) is 20.4 Å². The van der Waals surface area contributed by atoms with Gasteiger partial charge in [-0.3, -0.25) is 0 Å². The van der Waals surface area contributed by atoms with E-state index in [1.807, 2.05) is 0 Å². The van der Waals surface area contributed by atoms with Gasteiger partial charge in [-0.15, -0.1) is 0 Å². The average molecular weight is 231 g/mol. The van der Waals surface area contributed by atoms with E-state index in [0.29, 0.717) is 6.47 Å². The first-order chi connectivity index (χ1) is 1.41. The Morgan fingerprint density at radius 3 is 1.75 bits per heavy atom. The molecule has 0 aromatic heterocycles. The third-order valence-corrected chi connectivity index (χ3v) is 0. The maximum absolute atomic E-state index is 8.24. The van der Waals surface area contributed by atoms with E-state index < -0.39 is 0 Å². The third kappa shape index (κ3) is 156. The van der Waals surface area contributed by atoms with E-state index in [9.17, 15) is 0 Å². The molecule has 0 heterocycles. The van der Waals surface area contributed by atoms with Crippen molar-refractivity contribution in [2.24, 2.45) is 0 Å². The van der Waals surface area contributed by atoms with Crippen LogP contribution in [-0.2, 0) is 25.2 Å². The fraction of sp³-hybridized carbons (Fsp3) is 0. The van der Waals surface area contributed by atoms with Crippen LogP contribution in [0.15, 0.2) is 0 Å². The molecule has 0 aliphatic carbocycles. The molecule has 1 N–H and O–H groups in total. The summed E-state index contributed by atoms with van der Waals surface area (Å²) < 4.78 is 0. The van der Waals surface area contributed by atoms with Gasteiger partial charge in [-0.1, -0.05) is 6.47 Å². The standard InChI is InChI=1S/CHO2.Re/c2-1-3;/h(H,2,3);/q-1;. The molecule has 25 valence electrons. The molecule has 3 heteroatoms. The Bertz CT molecular complexity index is 13.5. The van der Waals surface area contributed by atoms with Crippen LogP contribution in [0, 0.1) is 0 Å². The van der Waals surface area contributed by atoms with Crippen molar-refractivity contribution in [3.05, 3.63) is 0 Å². The van der Waals surface area contributed by atoms with Gasteiger partial charge in [0.1, 0.15) is 0 Å². The molecule has 0 aromatic rings. The minimum absolute atomic E-state index is 0. The molecule has 0 unspecified atom stereocenters. The van der Waals surface area contributed by atoms with Crippen molar-refractivity contribution >= 4 is 6.47 Å². The zero-order valence-electron chi connectivity index (χ0n) is 1.73. The van der Waals surface area contributed by atoms with Crippen molar-refractivity contribution in [1.29, 1.82) is 0 Å². The van der Waals surface area contributed by atoms with Crippen molar-refractivity contribution in [1.82, 2.24) is 0 Å². The zero-order chi connectivity index (χ0) is 2.71. The van der Waals surface area contributed by atoms with Crippen molar-refractivity contribution in [3.8, 4) is 0 Å². The number of hydrogen-bond donors (Lipinski definition) is 1. The second-order valence-corrected chi connectivity index (χ2v) is 0.0913.